The average molecular weight is 420 g/mol. The molecule has 0 bridgehead atoms. The Morgan fingerprint density at radius 3 is 2.27 bits per heavy atom. The Hall–Kier alpha value is -3.36. The molecule has 1 fully saturated rings. The van der Waals surface area contributed by atoms with E-state index in [1.165, 1.54) is 37.3 Å². The number of carbonyl (C=O) groups excluding carboxylic acids is 3. The summed E-state index contributed by atoms with van der Waals surface area (Å²) in [5.41, 5.74) is -1.03. The van der Waals surface area contributed by atoms with Gasteiger partial charge >= 0.3 is 6.18 Å². The van der Waals surface area contributed by atoms with Gasteiger partial charge in [-0.1, -0.05) is 0 Å². The summed E-state index contributed by atoms with van der Waals surface area (Å²) in [7, 11) is 0. The largest absolute Gasteiger partial charge is 0.484 e. The summed E-state index contributed by atoms with van der Waals surface area (Å²) >= 11 is 0. The molecule has 2 N–H and O–H groups in total. The molecule has 1 aliphatic rings. The lowest BCUT2D eigenvalue weighted by atomic mass is 10.1. The van der Waals surface area contributed by atoms with Crippen molar-refractivity contribution in [3.8, 4) is 5.75 Å². The quantitative estimate of drug-likeness (QED) is 0.655. The molecule has 30 heavy (non-hydrogen) atoms. The van der Waals surface area contributed by atoms with Gasteiger partial charge in [0.1, 0.15) is 5.75 Å². The highest BCUT2D eigenvalue weighted by Gasteiger charge is 2.35. The molecule has 9 heteroatoms. The number of ether oxygens (including phenoxy) is 1. The molecule has 3 rings (SSSR count). The zero-order valence-electron chi connectivity index (χ0n) is 16.0. The number of amides is 2. The summed E-state index contributed by atoms with van der Waals surface area (Å²) in [6, 6.07) is 9.19. The molecule has 2 aromatic carbocycles. The second-order valence-electron chi connectivity index (χ2n) is 6.94. The average Bonchev–Trinajstić information content (AvgIpc) is 3.52. The Kier molecular flexibility index (Phi) is 6.09. The number of alkyl halides is 3. The van der Waals surface area contributed by atoms with Gasteiger partial charge < -0.3 is 15.4 Å². The van der Waals surface area contributed by atoms with Crippen molar-refractivity contribution in [3.63, 3.8) is 0 Å². The minimum atomic E-state index is -4.73. The number of nitrogens with one attached hydrogen (secondary N) is 2. The highest BCUT2D eigenvalue weighted by atomic mass is 19.4. The molecule has 158 valence electrons. The van der Waals surface area contributed by atoms with E-state index in [0.717, 1.165) is 25.0 Å². The van der Waals surface area contributed by atoms with Crippen molar-refractivity contribution < 1.29 is 32.3 Å². The van der Waals surface area contributed by atoms with Gasteiger partial charge in [0.05, 0.1) is 11.3 Å². The number of benzene rings is 2. The van der Waals surface area contributed by atoms with Crippen LogP contribution in [-0.4, -0.2) is 24.2 Å². The van der Waals surface area contributed by atoms with Crippen molar-refractivity contribution in [1.29, 1.82) is 0 Å². The van der Waals surface area contributed by atoms with E-state index in [9.17, 15) is 27.6 Å². The summed E-state index contributed by atoms with van der Waals surface area (Å²) in [5.74, 6) is -1.09. The van der Waals surface area contributed by atoms with Crippen LogP contribution in [0.2, 0.25) is 0 Å². The molecule has 0 heterocycles. The Bertz CT molecular complexity index is 967. The van der Waals surface area contributed by atoms with E-state index in [1.807, 2.05) is 0 Å². The molecular weight excluding hydrogens is 401 g/mol. The number of Topliss-reactive ketones (excluding diaryl/α,β-unsaturated/α-hetero) is 1. The van der Waals surface area contributed by atoms with Crippen LogP contribution in [0.3, 0.4) is 0 Å². The van der Waals surface area contributed by atoms with Gasteiger partial charge in [-0.25, -0.2) is 0 Å². The van der Waals surface area contributed by atoms with E-state index in [1.54, 1.807) is 0 Å². The SMILES string of the molecule is CC(=O)c1ccc(OCC(=O)Nc2ccc(NC(=O)C3CC3)cc2C(F)(F)F)cc1. The van der Waals surface area contributed by atoms with Crippen molar-refractivity contribution >= 4 is 29.0 Å². The third-order valence-corrected chi connectivity index (χ3v) is 4.45. The third-order valence-electron chi connectivity index (χ3n) is 4.45. The molecule has 0 radical (unpaired) electrons. The van der Waals surface area contributed by atoms with E-state index in [-0.39, 0.29) is 23.3 Å². The van der Waals surface area contributed by atoms with Gasteiger partial charge in [0.2, 0.25) is 5.91 Å². The lowest BCUT2D eigenvalue weighted by Crippen LogP contribution is -2.22. The zero-order chi connectivity index (χ0) is 21.9. The van der Waals surface area contributed by atoms with Crippen molar-refractivity contribution in [2.24, 2.45) is 5.92 Å². The van der Waals surface area contributed by atoms with Crippen molar-refractivity contribution in [3.05, 3.63) is 53.6 Å². The maximum Gasteiger partial charge on any atom is 0.418 e. The molecule has 2 amide bonds. The first-order chi connectivity index (χ1) is 14.1. The summed E-state index contributed by atoms with van der Waals surface area (Å²) in [5, 5.41) is 4.64. The Labute approximate surface area is 170 Å². The third kappa shape index (κ3) is 5.59. The second-order valence-corrected chi connectivity index (χ2v) is 6.94. The highest BCUT2D eigenvalue weighted by Crippen LogP contribution is 2.37. The minimum Gasteiger partial charge on any atom is -0.484 e. The molecule has 1 saturated carbocycles. The first kappa shape index (κ1) is 21.4. The van der Waals surface area contributed by atoms with E-state index in [0.29, 0.717) is 11.3 Å². The van der Waals surface area contributed by atoms with Crippen LogP contribution in [-0.2, 0) is 15.8 Å². The van der Waals surface area contributed by atoms with Crippen LogP contribution in [0.5, 0.6) is 5.75 Å². The van der Waals surface area contributed by atoms with E-state index >= 15 is 0 Å². The van der Waals surface area contributed by atoms with Gasteiger partial charge in [-0.15, -0.1) is 0 Å². The highest BCUT2D eigenvalue weighted by molar-refractivity contribution is 5.96. The monoisotopic (exact) mass is 420 g/mol. The fourth-order valence-electron chi connectivity index (χ4n) is 2.68. The van der Waals surface area contributed by atoms with E-state index in [4.69, 9.17) is 4.74 Å². The first-order valence-electron chi connectivity index (χ1n) is 9.19. The number of anilines is 2. The van der Waals surface area contributed by atoms with Crippen molar-refractivity contribution in [2.75, 3.05) is 17.2 Å². The lowest BCUT2D eigenvalue weighted by Gasteiger charge is -2.16. The van der Waals surface area contributed by atoms with Gasteiger partial charge in [-0.05, 0) is 62.2 Å². The zero-order valence-corrected chi connectivity index (χ0v) is 16.0. The number of hydrogen-bond donors (Lipinski definition) is 2. The number of hydrogen-bond acceptors (Lipinski definition) is 4. The molecule has 0 aliphatic heterocycles. The van der Waals surface area contributed by atoms with Gasteiger partial charge in [0, 0.05) is 17.2 Å². The summed E-state index contributed by atoms with van der Waals surface area (Å²) in [6.07, 6.45) is -3.28. The van der Waals surface area contributed by atoms with E-state index < -0.39 is 29.9 Å². The summed E-state index contributed by atoms with van der Waals surface area (Å²) in [6.45, 7) is 0.890. The topological polar surface area (TPSA) is 84.5 Å². The van der Waals surface area contributed by atoms with Crippen LogP contribution in [0.15, 0.2) is 42.5 Å². The predicted molar refractivity (Wildman–Crippen MR) is 103 cm³/mol. The van der Waals surface area contributed by atoms with Gasteiger partial charge in [-0.2, -0.15) is 13.2 Å². The molecule has 0 saturated heterocycles. The number of rotatable bonds is 7. The molecular formula is C21H19F3N2O4. The number of carbonyl (C=O) groups is 3. The standard InChI is InChI=1S/C21H19F3N2O4/c1-12(27)13-4-7-16(8-5-13)30-11-19(28)26-18-9-6-15(10-17(18)21(22,23)24)25-20(29)14-2-3-14/h4-10,14H,2-3,11H2,1H3,(H,25,29)(H,26,28). The second kappa shape index (κ2) is 8.56. The van der Waals surface area contributed by atoms with Crippen molar-refractivity contribution in [2.45, 2.75) is 25.9 Å². The summed E-state index contributed by atoms with van der Waals surface area (Å²) in [4.78, 5) is 35.1. The maximum absolute atomic E-state index is 13.4. The Morgan fingerprint density at radius 2 is 1.70 bits per heavy atom. The minimum absolute atomic E-state index is 0.0130. The van der Waals surface area contributed by atoms with Crippen LogP contribution < -0.4 is 15.4 Å². The van der Waals surface area contributed by atoms with Crippen LogP contribution in [0.1, 0.15) is 35.7 Å². The molecule has 0 unspecified atom stereocenters. The molecule has 1 aliphatic carbocycles. The van der Waals surface area contributed by atoms with Crippen LogP contribution in [0.25, 0.3) is 0 Å². The number of ketones is 1. The Morgan fingerprint density at radius 1 is 1.03 bits per heavy atom. The van der Waals surface area contributed by atoms with Gasteiger partial charge in [0.25, 0.3) is 5.91 Å². The van der Waals surface area contributed by atoms with Gasteiger partial charge in [0.15, 0.2) is 12.4 Å². The van der Waals surface area contributed by atoms with Crippen LogP contribution >= 0.6 is 0 Å². The maximum atomic E-state index is 13.4. The molecule has 0 aromatic heterocycles. The normalized spacial score (nSPS) is 13.5. The Balaban J connectivity index is 1.65. The van der Waals surface area contributed by atoms with Gasteiger partial charge in [-0.3, -0.25) is 14.4 Å². The molecule has 0 spiro atoms. The molecule has 6 nitrogen and oxygen atoms in total. The van der Waals surface area contributed by atoms with Crippen molar-refractivity contribution in [1.82, 2.24) is 0 Å². The number of halogens is 3. The first-order valence-corrected chi connectivity index (χ1v) is 9.19. The fourth-order valence-corrected chi connectivity index (χ4v) is 2.68. The smallest absolute Gasteiger partial charge is 0.418 e. The van der Waals surface area contributed by atoms with E-state index in [2.05, 4.69) is 10.6 Å². The predicted octanol–water partition coefficient (Wildman–Crippen LogP) is 4.27. The molecule has 0 atom stereocenters. The van der Waals surface area contributed by atoms with Crippen LogP contribution in [0.4, 0.5) is 24.5 Å². The molecule has 2 aromatic rings. The lowest BCUT2D eigenvalue weighted by molar-refractivity contribution is -0.137. The van der Waals surface area contributed by atoms with Crippen LogP contribution in [0, 0.1) is 5.92 Å². The summed E-state index contributed by atoms with van der Waals surface area (Å²) < 4.78 is 45.5. The fraction of sp³-hybridized carbons (Fsp3) is 0.286.